The number of nitrogens with one attached hydrogen (secondary N) is 1. The van der Waals surface area contributed by atoms with E-state index < -0.39 is 0 Å². The molecule has 0 saturated carbocycles. The predicted molar refractivity (Wildman–Crippen MR) is 86.9 cm³/mol. The van der Waals surface area contributed by atoms with Crippen molar-refractivity contribution in [3.63, 3.8) is 0 Å². The summed E-state index contributed by atoms with van der Waals surface area (Å²) in [5, 5.41) is 4.23. The first-order valence-electron chi connectivity index (χ1n) is 7.51. The lowest BCUT2D eigenvalue weighted by Crippen LogP contribution is -2.35. The van der Waals surface area contributed by atoms with Crippen molar-refractivity contribution in [1.29, 1.82) is 0 Å². The number of rotatable bonds is 3. The lowest BCUT2D eigenvalue weighted by Gasteiger charge is -2.26. The molecule has 1 N–H and O–H groups in total. The second-order valence-corrected chi connectivity index (χ2v) is 5.37. The maximum Gasteiger partial charge on any atom is 0.164 e. The van der Waals surface area contributed by atoms with Gasteiger partial charge in [0.2, 0.25) is 0 Å². The number of benzene rings is 1. The van der Waals surface area contributed by atoms with Gasteiger partial charge in [0.05, 0.1) is 11.9 Å². The topological polar surface area (TPSA) is 69.2 Å². The number of anilines is 1. The van der Waals surface area contributed by atoms with Crippen LogP contribution in [0.25, 0.3) is 11.0 Å². The van der Waals surface area contributed by atoms with Crippen LogP contribution in [0.2, 0.25) is 0 Å². The van der Waals surface area contributed by atoms with E-state index in [1.54, 1.807) is 6.20 Å². The molecule has 0 saturated heterocycles. The standard InChI is InChI=1S/C17H16N4O2/c1-11-20-16-13(5-4-8-18-16)17(21-11)19-9-12-10-22-14-6-2-3-7-15(14)23-12/h2-8,12H,9-10H2,1H3,(H,18,19,20,21)/t12-/m1/s1. The van der Waals surface area contributed by atoms with E-state index in [9.17, 15) is 0 Å². The second-order valence-electron chi connectivity index (χ2n) is 5.37. The third kappa shape index (κ3) is 2.75. The van der Waals surface area contributed by atoms with Crippen LogP contribution in [-0.2, 0) is 0 Å². The molecule has 6 heteroatoms. The Kier molecular flexibility index (Phi) is 3.42. The summed E-state index contributed by atoms with van der Waals surface area (Å²) in [6, 6.07) is 11.5. The number of hydrogen-bond donors (Lipinski definition) is 1. The Morgan fingerprint density at radius 3 is 2.91 bits per heavy atom. The molecule has 3 aromatic rings. The van der Waals surface area contributed by atoms with Crippen molar-refractivity contribution in [2.45, 2.75) is 13.0 Å². The Labute approximate surface area is 133 Å². The van der Waals surface area contributed by atoms with Crippen LogP contribution in [0.1, 0.15) is 5.82 Å². The monoisotopic (exact) mass is 308 g/mol. The number of para-hydroxylation sites is 2. The summed E-state index contributed by atoms with van der Waals surface area (Å²) in [6.45, 7) is 2.95. The number of aryl methyl sites for hydroxylation is 1. The van der Waals surface area contributed by atoms with Gasteiger partial charge in [-0.15, -0.1) is 0 Å². The Bertz CT molecular complexity index is 853. The Balaban J connectivity index is 1.52. The summed E-state index contributed by atoms with van der Waals surface area (Å²) in [5.74, 6) is 3.01. The molecule has 0 amide bonds. The highest BCUT2D eigenvalue weighted by atomic mass is 16.6. The van der Waals surface area contributed by atoms with Crippen LogP contribution in [0.15, 0.2) is 42.6 Å². The van der Waals surface area contributed by atoms with Gasteiger partial charge in [-0.1, -0.05) is 12.1 Å². The predicted octanol–water partition coefficient (Wildman–Crippen LogP) is 2.59. The first-order chi connectivity index (χ1) is 11.3. The van der Waals surface area contributed by atoms with Crippen molar-refractivity contribution in [2.24, 2.45) is 0 Å². The summed E-state index contributed by atoms with van der Waals surface area (Å²) < 4.78 is 11.7. The van der Waals surface area contributed by atoms with E-state index in [0.717, 1.165) is 22.7 Å². The molecule has 0 fully saturated rings. The van der Waals surface area contributed by atoms with Gasteiger partial charge in [0.15, 0.2) is 17.1 Å². The summed E-state index contributed by atoms with van der Waals surface area (Å²) in [6.07, 6.45) is 1.65. The number of fused-ring (bicyclic) bond motifs is 2. The molecule has 116 valence electrons. The SMILES string of the molecule is Cc1nc(NC[C@@H]2COc3ccccc3O2)c2cccnc2n1. The summed E-state index contributed by atoms with van der Waals surface area (Å²) in [4.78, 5) is 13.1. The van der Waals surface area contributed by atoms with E-state index in [1.165, 1.54) is 0 Å². The van der Waals surface area contributed by atoms with Gasteiger partial charge in [-0.3, -0.25) is 0 Å². The van der Waals surface area contributed by atoms with Crippen molar-refractivity contribution in [3.8, 4) is 11.5 Å². The largest absolute Gasteiger partial charge is 0.486 e. The number of hydrogen-bond acceptors (Lipinski definition) is 6. The highest BCUT2D eigenvalue weighted by Gasteiger charge is 2.20. The van der Waals surface area contributed by atoms with E-state index in [1.807, 2.05) is 43.3 Å². The molecule has 0 bridgehead atoms. The first-order valence-corrected chi connectivity index (χ1v) is 7.51. The fourth-order valence-corrected chi connectivity index (χ4v) is 2.58. The van der Waals surface area contributed by atoms with Crippen molar-refractivity contribution < 1.29 is 9.47 Å². The van der Waals surface area contributed by atoms with Gasteiger partial charge in [0.1, 0.15) is 24.4 Å². The molecule has 1 aromatic carbocycles. The Morgan fingerprint density at radius 1 is 1.13 bits per heavy atom. The van der Waals surface area contributed by atoms with Crippen molar-refractivity contribution in [1.82, 2.24) is 15.0 Å². The van der Waals surface area contributed by atoms with Crippen LogP contribution in [0, 0.1) is 6.92 Å². The van der Waals surface area contributed by atoms with Gasteiger partial charge in [0.25, 0.3) is 0 Å². The van der Waals surface area contributed by atoms with Crippen molar-refractivity contribution >= 4 is 16.9 Å². The van der Waals surface area contributed by atoms with Gasteiger partial charge in [-0.25, -0.2) is 15.0 Å². The molecule has 4 rings (SSSR count). The van der Waals surface area contributed by atoms with E-state index >= 15 is 0 Å². The van der Waals surface area contributed by atoms with E-state index in [4.69, 9.17) is 9.47 Å². The molecule has 3 heterocycles. The summed E-state index contributed by atoms with van der Waals surface area (Å²) in [5.41, 5.74) is 0.689. The molecule has 23 heavy (non-hydrogen) atoms. The zero-order valence-electron chi connectivity index (χ0n) is 12.7. The zero-order chi connectivity index (χ0) is 15.6. The summed E-state index contributed by atoms with van der Waals surface area (Å²) >= 11 is 0. The number of aromatic nitrogens is 3. The van der Waals surface area contributed by atoms with Crippen LogP contribution in [0.4, 0.5) is 5.82 Å². The average molecular weight is 308 g/mol. The lowest BCUT2D eigenvalue weighted by atomic mass is 10.2. The van der Waals surface area contributed by atoms with Crippen LogP contribution < -0.4 is 14.8 Å². The van der Waals surface area contributed by atoms with Crippen molar-refractivity contribution in [2.75, 3.05) is 18.5 Å². The molecule has 0 radical (unpaired) electrons. The fraction of sp³-hybridized carbons (Fsp3) is 0.235. The first kappa shape index (κ1) is 13.8. The van der Waals surface area contributed by atoms with Crippen LogP contribution >= 0.6 is 0 Å². The number of nitrogens with zero attached hydrogens (tertiary/aromatic N) is 3. The minimum absolute atomic E-state index is 0.0770. The van der Waals surface area contributed by atoms with E-state index in [2.05, 4.69) is 20.3 Å². The number of ether oxygens (including phenoxy) is 2. The highest BCUT2D eigenvalue weighted by Crippen LogP contribution is 2.31. The maximum atomic E-state index is 5.95. The summed E-state index contributed by atoms with van der Waals surface area (Å²) in [7, 11) is 0. The quantitative estimate of drug-likeness (QED) is 0.802. The van der Waals surface area contributed by atoms with Crippen LogP contribution in [-0.4, -0.2) is 34.2 Å². The normalized spacial score (nSPS) is 16.3. The van der Waals surface area contributed by atoms with Gasteiger partial charge < -0.3 is 14.8 Å². The molecule has 6 nitrogen and oxygen atoms in total. The molecule has 1 aliphatic heterocycles. The highest BCUT2D eigenvalue weighted by molar-refractivity contribution is 5.86. The molecular formula is C17H16N4O2. The van der Waals surface area contributed by atoms with Crippen LogP contribution in [0.5, 0.6) is 11.5 Å². The average Bonchev–Trinajstić information content (AvgIpc) is 2.59. The molecule has 0 aliphatic carbocycles. The van der Waals surface area contributed by atoms with Gasteiger partial charge in [-0.2, -0.15) is 0 Å². The van der Waals surface area contributed by atoms with E-state index in [0.29, 0.717) is 24.6 Å². The van der Waals surface area contributed by atoms with E-state index in [-0.39, 0.29) is 6.10 Å². The minimum atomic E-state index is -0.0770. The zero-order valence-corrected chi connectivity index (χ0v) is 12.7. The molecule has 1 atom stereocenters. The van der Waals surface area contributed by atoms with Gasteiger partial charge in [-0.05, 0) is 31.2 Å². The van der Waals surface area contributed by atoms with Crippen LogP contribution in [0.3, 0.4) is 0 Å². The molecular weight excluding hydrogens is 292 g/mol. The third-order valence-corrected chi connectivity index (χ3v) is 3.65. The molecule has 1 aliphatic rings. The Hall–Kier alpha value is -2.89. The van der Waals surface area contributed by atoms with Gasteiger partial charge >= 0.3 is 0 Å². The Morgan fingerprint density at radius 2 is 2.00 bits per heavy atom. The third-order valence-electron chi connectivity index (χ3n) is 3.65. The molecule has 2 aromatic heterocycles. The smallest absolute Gasteiger partial charge is 0.164 e. The molecule has 0 unspecified atom stereocenters. The van der Waals surface area contributed by atoms with Crippen molar-refractivity contribution in [3.05, 3.63) is 48.4 Å². The second kappa shape index (κ2) is 5.72. The fourth-order valence-electron chi connectivity index (χ4n) is 2.58. The lowest BCUT2D eigenvalue weighted by molar-refractivity contribution is 0.0997. The minimum Gasteiger partial charge on any atom is -0.486 e. The number of pyridine rings is 1. The maximum absolute atomic E-state index is 5.95. The van der Waals surface area contributed by atoms with Gasteiger partial charge in [0, 0.05) is 6.20 Å². The molecule has 0 spiro atoms.